The van der Waals surface area contributed by atoms with Crippen LogP contribution in [0.1, 0.15) is 23.0 Å². The fraction of sp³-hybridized carbons (Fsp3) is 0.312. The van der Waals surface area contributed by atoms with Crippen molar-refractivity contribution < 1.29 is 4.79 Å². The summed E-state index contributed by atoms with van der Waals surface area (Å²) in [7, 11) is 0. The molecule has 3 rings (SSSR count). The normalized spacial score (nSPS) is 13.1. The number of aromatic nitrogens is 2. The molecule has 0 fully saturated rings. The minimum Gasteiger partial charge on any atom is -0.293 e. The van der Waals surface area contributed by atoms with Gasteiger partial charge >= 0.3 is 0 Å². The van der Waals surface area contributed by atoms with Crippen LogP contribution in [0.2, 0.25) is 5.02 Å². The zero-order valence-corrected chi connectivity index (χ0v) is 14.9. The van der Waals surface area contributed by atoms with Gasteiger partial charge in [0.15, 0.2) is 10.9 Å². The number of rotatable bonds is 5. The summed E-state index contributed by atoms with van der Waals surface area (Å²) in [6, 6.07) is 6.83. The molecule has 0 N–H and O–H groups in total. The minimum atomic E-state index is -0.00144. The first-order valence-corrected chi connectivity index (χ1v) is 9.63. The summed E-state index contributed by atoms with van der Waals surface area (Å²) in [5.41, 5.74) is 1.50. The third-order valence-corrected chi connectivity index (χ3v) is 5.90. The Balaban J connectivity index is 1.80. The van der Waals surface area contributed by atoms with Crippen LogP contribution in [0.3, 0.4) is 0 Å². The van der Waals surface area contributed by atoms with Gasteiger partial charge in [0.25, 0.3) is 5.56 Å². The van der Waals surface area contributed by atoms with Gasteiger partial charge in [0.1, 0.15) is 0 Å². The summed E-state index contributed by atoms with van der Waals surface area (Å²) in [6.45, 7) is 2.47. The van der Waals surface area contributed by atoms with E-state index in [1.54, 1.807) is 40.6 Å². The van der Waals surface area contributed by atoms with Crippen LogP contribution in [0.15, 0.2) is 39.1 Å². The van der Waals surface area contributed by atoms with Crippen LogP contribution in [-0.2, 0) is 13.0 Å². The number of fused-ring (bicyclic) bond motifs is 1. The third kappa shape index (κ3) is 3.49. The van der Waals surface area contributed by atoms with Crippen LogP contribution in [-0.4, -0.2) is 26.8 Å². The third-order valence-electron chi connectivity index (χ3n) is 3.56. The zero-order valence-electron chi connectivity index (χ0n) is 12.5. The molecule has 1 aromatic carbocycles. The molecule has 0 saturated heterocycles. The number of hydrogen-bond acceptors (Lipinski definition) is 5. The molecule has 23 heavy (non-hydrogen) atoms. The van der Waals surface area contributed by atoms with Gasteiger partial charge in [0, 0.05) is 29.3 Å². The Morgan fingerprint density at radius 3 is 2.83 bits per heavy atom. The van der Waals surface area contributed by atoms with E-state index in [0.717, 1.165) is 22.8 Å². The number of carbonyl (C=O) groups is 1. The Morgan fingerprint density at radius 1 is 1.39 bits per heavy atom. The van der Waals surface area contributed by atoms with E-state index in [1.807, 2.05) is 6.92 Å². The number of carbonyl (C=O) groups excluding carboxylic acids is 1. The molecule has 1 aliphatic rings. The minimum absolute atomic E-state index is 0.00144. The Hall–Kier alpha value is -1.24. The number of halogens is 1. The molecule has 2 aromatic rings. The number of nitrogens with zero attached hydrogens (tertiary/aromatic N) is 2. The maximum atomic E-state index is 12.5. The fourth-order valence-electron chi connectivity index (χ4n) is 2.36. The Labute approximate surface area is 147 Å². The lowest BCUT2D eigenvalue weighted by molar-refractivity contribution is 0.102. The van der Waals surface area contributed by atoms with Crippen LogP contribution < -0.4 is 5.56 Å². The molecule has 1 aromatic heterocycles. The molecule has 7 heteroatoms. The molecule has 120 valence electrons. The van der Waals surface area contributed by atoms with Gasteiger partial charge in [-0.1, -0.05) is 23.4 Å². The van der Waals surface area contributed by atoms with E-state index in [0.29, 0.717) is 22.3 Å². The lowest BCUT2D eigenvalue weighted by Crippen LogP contribution is -2.24. The molecule has 0 amide bonds. The van der Waals surface area contributed by atoms with Gasteiger partial charge in [-0.15, -0.1) is 11.8 Å². The van der Waals surface area contributed by atoms with E-state index in [4.69, 9.17) is 11.6 Å². The van der Waals surface area contributed by atoms with Crippen molar-refractivity contribution in [2.75, 3.05) is 11.5 Å². The largest absolute Gasteiger partial charge is 0.293 e. The Bertz CT molecular complexity index is 803. The van der Waals surface area contributed by atoms with Gasteiger partial charge in [-0.25, -0.2) is 4.98 Å². The predicted molar refractivity (Wildman–Crippen MR) is 95.1 cm³/mol. The predicted octanol–water partition coefficient (Wildman–Crippen LogP) is 3.54. The highest BCUT2D eigenvalue weighted by atomic mass is 35.5. The Morgan fingerprint density at radius 2 is 2.13 bits per heavy atom. The van der Waals surface area contributed by atoms with Gasteiger partial charge in [-0.05, 0) is 31.2 Å². The van der Waals surface area contributed by atoms with Crippen LogP contribution in [0.25, 0.3) is 0 Å². The standard InChI is InChI=1S/C16H15ClN2O2S2/c1-2-19-15(21)14-12(7-8-22-14)18-16(19)23-9-13(20)10-3-5-11(17)6-4-10/h3-6H,2,7-9H2,1H3. The van der Waals surface area contributed by atoms with Crippen molar-refractivity contribution in [2.45, 2.75) is 29.9 Å². The number of aryl methyl sites for hydroxylation is 1. The quantitative estimate of drug-likeness (QED) is 0.460. The van der Waals surface area contributed by atoms with Crippen molar-refractivity contribution in [1.29, 1.82) is 0 Å². The summed E-state index contributed by atoms with van der Waals surface area (Å²) < 4.78 is 1.65. The summed E-state index contributed by atoms with van der Waals surface area (Å²) in [5, 5.41) is 1.23. The second kappa shape index (κ2) is 7.11. The molecule has 0 aliphatic carbocycles. The first-order chi connectivity index (χ1) is 11.1. The van der Waals surface area contributed by atoms with Crippen LogP contribution in [0.4, 0.5) is 0 Å². The smallest absolute Gasteiger partial charge is 0.268 e. The monoisotopic (exact) mass is 366 g/mol. The van der Waals surface area contributed by atoms with E-state index >= 15 is 0 Å². The van der Waals surface area contributed by atoms with Crippen LogP contribution >= 0.6 is 35.1 Å². The summed E-state index contributed by atoms with van der Waals surface area (Å²) >= 11 is 8.72. The second-order valence-electron chi connectivity index (χ2n) is 5.04. The van der Waals surface area contributed by atoms with Gasteiger partial charge in [0.2, 0.25) is 0 Å². The molecule has 0 saturated carbocycles. The topological polar surface area (TPSA) is 52.0 Å². The van der Waals surface area contributed by atoms with Crippen LogP contribution in [0.5, 0.6) is 0 Å². The van der Waals surface area contributed by atoms with Crippen LogP contribution in [0, 0.1) is 0 Å². The summed E-state index contributed by atoms with van der Waals surface area (Å²) in [5.74, 6) is 1.15. The summed E-state index contributed by atoms with van der Waals surface area (Å²) in [6.07, 6.45) is 0.818. The average molecular weight is 367 g/mol. The van der Waals surface area contributed by atoms with Gasteiger partial charge in [-0.2, -0.15) is 0 Å². The molecule has 0 atom stereocenters. The van der Waals surface area contributed by atoms with Crippen molar-refractivity contribution in [3.63, 3.8) is 0 Å². The van der Waals surface area contributed by atoms with E-state index in [-0.39, 0.29) is 17.1 Å². The molecule has 0 spiro atoms. The molecule has 4 nitrogen and oxygen atoms in total. The van der Waals surface area contributed by atoms with Crippen molar-refractivity contribution in [2.24, 2.45) is 0 Å². The molecular formula is C16H15ClN2O2S2. The molecule has 2 heterocycles. The first kappa shape index (κ1) is 16.6. The molecule has 0 unspecified atom stereocenters. The van der Waals surface area contributed by atoms with Gasteiger partial charge < -0.3 is 0 Å². The Kier molecular flexibility index (Phi) is 5.14. The number of Topliss-reactive ketones (excluding diaryl/α,β-unsaturated/α-hetero) is 1. The van der Waals surface area contributed by atoms with Crippen molar-refractivity contribution >= 4 is 40.9 Å². The first-order valence-electron chi connectivity index (χ1n) is 7.28. The maximum Gasteiger partial charge on any atom is 0.268 e. The molecule has 0 radical (unpaired) electrons. The molecule has 0 bridgehead atoms. The zero-order chi connectivity index (χ0) is 16.4. The summed E-state index contributed by atoms with van der Waals surface area (Å²) in [4.78, 5) is 30.1. The maximum absolute atomic E-state index is 12.5. The molecular weight excluding hydrogens is 352 g/mol. The van der Waals surface area contributed by atoms with E-state index in [9.17, 15) is 9.59 Å². The number of ketones is 1. The second-order valence-corrected chi connectivity index (χ2v) is 7.52. The SMILES string of the molecule is CCn1c(SCC(=O)c2ccc(Cl)cc2)nc2c(c1=O)SCC2. The number of benzene rings is 1. The van der Waals surface area contributed by atoms with Gasteiger partial charge in [-0.3, -0.25) is 14.2 Å². The van der Waals surface area contributed by atoms with E-state index in [1.165, 1.54) is 11.8 Å². The lowest BCUT2D eigenvalue weighted by atomic mass is 10.1. The highest BCUT2D eigenvalue weighted by Gasteiger charge is 2.21. The van der Waals surface area contributed by atoms with E-state index < -0.39 is 0 Å². The average Bonchev–Trinajstić information content (AvgIpc) is 3.02. The fourth-order valence-corrected chi connectivity index (χ4v) is 4.50. The molecule has 1 aliphatic heterocycles. The highest BCUT2D eigenvalue weighted by molar-refractivity contribution is 8.00. The van der Waals surface area contributed by atoms with Crippen molar-refractivity contribution in [1.82, 2.24) is 9.55 Å². The number of thioether (sulfide) groups is 2. The lowest BCUT2D eigenvalue weighted by Gasteiger charge is -2.11. The van der Waals surface area contributed by atoms with Gasteiger partial charge in [0.05, 0.1) is 16.3 Å². The van der Waals surface area contributed by atoms with Crippen molar-refractivity contribution in [3.8, 4) is 0 Å². The van der Waals surface area contributed by atoms with Crippen molar-refractivity contribution in [3.05, 3.63) is 50.9 Å². The van der Waals surface area contributed by atoms with E-state index in [2.05, 4.69) is 4.98 Å². The number of hydrogen-bond donors (Lipinski definition) is 0. The highest BCUT2D eigenvalue weighted by Crippen LogP contribution is 2.28.